The molecule has 0 heterocycles. The summed E-state index contributed by atoms with van der Waals surface area (Å²) in [4.78, 5) is 23.6. The Balaban J connectivity index is 1.76. The van der Waals surface area contributed by atoms with Gasteiger partial charge in [-0.25, -0.2) is 0 Å². The molecular formula is C18H19ClN2O2. The molecule has 23 heavy (non-hydrogen) atoms. The van der Waals surface area contributed by atoms with Crippen molar-refractivity contribution in [2.45, 2.75) is 26.4 Å². The number of aryl methyl sites for hydroxylation is 1. The number of hydrogen-bond donors (Lipinski definition) is 2. The first kappa shape index (κ1) is 17.0. The van der Waals surface area contributed by atoms with E-state index < -0.39 is 0 Å². The SMILES string of the molecule is Cc1ccccc1CNC(=O)CC(=O)NCc1ccccc1Cl. The average molecular weight is 331 g/mol. The minimum atomic E-state index is -0.327. The Bertz CT molecular complexity index is 641. The predicted octanol–water partition coefficient (Wildman–Crippen LogP) is 2.97. The van der Waals surface area contributed by atoms with Gasteiger partial charge in [-0.3, -0.25) is 9.59 Å². The lowest BCUT2D eigenvalue weighted by Crippen LogP contribution is -2.31. The van der Waals surface area contributed by atoms with Crippen LogP contribution in [0.25, 0.3) is 0 Å². The first-order valence-corrected chi connectivity index (χ1v) is 7.75. The van der Waals surface area contributed by atoms with Crippen molar-refractivity contribution in [3.05, 3.63) is 70.2 Å². The van der Waals surface area contributed by atoms with E-state index in [-0.39, 0.29) is 18.2 Å². The Hall–Kier alpha value is -2.33. The van der Waals surface area contributed by atoms with Crippen LogP contribution in [0.3, 0.4) is 0 Å². The zero-order chi connectivity index (χ0) is 16.7. The molecule has 2 aromatic rings. The smallest absolute Gasteiger partial charge is 0.229 e. The molecule has 2 rings (SSSR count). The molecular weight excluding hydrogens is 312 g/mol. The highest BCUT2D eigenvalue weighted by Crippen LogP contribution is 2.14. The largest absolute Gasteiger partial charge is 0.352 e. The first-order chi connectivity index (χ1) is 11.1. The summed E-state index contributed by atoms with van der Waals surface area (Å²) < 4.78 is 0. The van der Waals surface area contributed by atoms with Gasteiger partial charge in [0, 0.05) is 18.1 Å². The fourth-order valence-corrected chi connectivity index (χ4v) is 2.31. The third kappa shape index (κ3) is 5.42. The standard InChI is InChI=1S/C18H19ClN2O2/c1-13-6-2-3-7-14(13)11-20-17(22)10-18(23)21-12-15-8-4-5-9-16(15)19/h2-9H,10-12H2,1H3,(H,20,22)(H,21,23). The van der Waals surface area contributed by atoms with Crippen molar-refractivity contribution in [3.8, 4) is 0 Å². The topological polar surface area (TPSA) is 58.2 Å². The average Bonchev–Trinajstić information content (AvgIpc) is 2.53. The van der Waals surface area contributed by atoms with Crippen LogP contribution in [0.15, 0.2) is 48.5 Å². The van der Waals surface area contributed by atoms with Crippen LogP contribution < -0.4 is 10.6 Å². The maximum Gasteiger partial charge on any atom is 0.229 e. The van der Waals surface area contributed by atoms with E-state index >= 15 is 0 Å². The number of benzene rings is 2. The molecule has 0 aliphatic carbocycles. The van der Waals surface area contributed by atoms with E-state index in [1.807, 2.05) is 49.4 Å². The van der Waals surface area contributed by atoms with Crippen molar-refractivity contribution in [2.24, 2.45) is 0 Å². The summed E-state index contributed by atoms with van der Waals surface area (Å²) in [5.74, 6) is -0.628. The number of carbonyl (C=O) groups is 2. The van der Waals surface area contributed by atoms with Gasteiger partial charge in [-0.2, -0.15) is 0 Å². The second kappa shape index (κ2) is 8.34. The fraction of sp³-hybridized carbons (Fsp3) is 0.222. The maximum atomic E-state index is 11.8. The molecule has 0 bridgehead atoms. The molecule has 2 amide bonds. The van der Waals surface area contributed by atoms with E-state index in [0.717, 1.165) is 16.7 Å². The molecule has 0 saturated carbocycles. The molecule has 2 N–H and O–H groups in total. The third-order valence-corrected chi connectivity index (χ3v) is 3.86. The summed E-state index contributed by atoms with van der Waals surface area (Å²) in [6, 6.07) is 15.1. The van der Waals surface area contributed by atoms with E-state index in [2.05, 4.69) is 10.6 Å². The lowest BCUT2D eigenvalue weighted by Gasteiger charge is -2.09. The van der Waals surface area contributed by atoms with Gasteiger partial charge in [0.05, 0.1) is 0 Å². The molecule has 0 aliphatic rings. The van der Waals surface area contributed by atoms with Crippen LogP contribution in [-0.2, 0) is 22.7 Å². The van der Waals surface area contributed by atoms with E-state index in [9.17, 15) is 9.59 Å². The normalized spacial score (nSPS) is 10.2. The predicted molar refractivity (Wildman–Crippen MR) is 90.9 cm³/mol. The van der Waals surface area contributed by atoms with Crippen LogP contribution >= 0.6 is 11.6 Å². The van der Waals surface area contributed by atoms with Crippen molar-refractivity contribution in [1.29, 1.82) is 0 Å². The van der Waals surface area contributed by atoms with Crippen LogP contribution in [0.5, 0.6) is 0 Å². The van der Waals surface area contributed by atoms with Crippen LogP contribution in [0, 0.1) is 6.92 Å². The van der Waals surface area contributed by atoms with Crippen LogP contribution in [0.1, 0.15) is 23.1 Å². The van der Waals surface area contributed by atoms with Crippen molar-refractivity contribution in [3.63, 3.8) is 0 Å². The van der Waals surface area contributed by atoms with E-state index in [4.69, 9.17) is 11.6 Å². The lowest BCUT2D eigenvalue weighted by molar-refractivity contribution is -0.129. The Labute approximate surface area is 140 Å². The van der Waals surface area contributed by atoms with Gasteiger partial charge in [0.1, 0.15) is 6.42 Å². The summed E-state index contributed by atoms with van der Waals surface area (Å²) in [6.45, 7) is 2.71. The Morgan fingerprint density at radius 1 is 0.870 bits per heavy atom. The quantitative estimate of drug-likeness (QED) is 0.800. The monoisotopic (exact) mass is 330 g/mol. The van der Waals surface area contributed by atoms with Crippen molar-refractivity contribution >= 4 is 23.4 Å². The number of nitrogens with one attached hydrogen (secondary N) is 2. The number of amides is 2. The summed E-state index contributed by atoms with van der Waals surface area (Å²) in [7, 11) is 0. The highest BCUT2D eigenvalue weighted by molar-refractivity contribution is 6.31. The van der Waals surface area contributed by atoms with Gasteiger partial charge in [-0.1, -0.05) is 54.1 Å². The molecule has 0 saturated heterocycles. The van der Waals surface area contributed by atoms with Crippen LogP contribution in [-0.4, -0.2) is 11.8 Å². The van der Waals surface area contributed by atoms with Crippen LogP contribution in [0.4, 0.5) is 0 Å². The van der Waals surface area contributed by atoms with Gasteiger partial charge in [-0.15, -0.1) is 0 Å². The molecule has 4 nitrogen and oxygen atoms in total. The van der Waals surface area contributed by atoms with Crippen molar-refractivity contribution < 1.29 is 9.59 Å². The van der Waals surface area contributed by atoms with Gasteiger partial charge in [0.2, 0.25) is 11.8 Å². The van der Waals surface area contributed by atoms with Gasteiger partial charge in [-0.05, 0) is 29.7 Å². The minimum absolute atomic E-state index is 0.198. The van der Waals surface area contributed by atoms with Gasteiger partial charge >= 0.3 is 0 Å². The van der Waals surface area contributed by atoms with Crippen molar-refractivity contribution in [1.82, 2.24) is 10.6 Å². The highest BCUT2D eigenvalue weighted by atomic mass is 35.5. The molecule has 5 heteroatoms. The molecule has 0 fully saturated rings. The summed E-state index contributed by atoms with van der Waals surface area (Å²) >= 11 is 6.02. The van der Waals surface area contributed by atoms with Gasteiger partial charge in [0.15, 0.2) is 0 Å². The van der Waals surface area contributed by atoms with Crippen molar-refractivity contribution in [2.75, 3.05) is 0 Å². The lowest BCUT2D eigenvalue weighted by atomic mass is 10.1. The summed E-state index contributed by atoms with van der Waals surface area (Å²) in [5.41, 5.74) is 2.97. The van der Waals surface area contributed by atoms with Gasteiger partial charge in [0.25, 0.3) is 0 Å². The first-order valence-electron chi connectivity index (χ1n) is 7.37. The second-order valence-electron chi connectivity index (χ2n) is 5.25. The molecule has 120 valence electrons. The van der Waals surface area contributed by atoms with Gasteiger partial charge < -0.3 is 10.6 Å². The summed E-state index contributed by atoms with van der Waals surface area (Å²) in [5, 5.41) is 6.04. The van der Waals surface area contributed by atoms with E-state index in [1.54, 1.807) is 6.07 Å². The Morgan fingerprint density at radius 3 is 2.00 bits per heavy atom. The number of halogens is 1. The Kier molecular flexibility index (Phi) is 6.18. The van der Waals surface area contributed by atoms with Crippen LogP contribution in [0.2, 0.25) is 5.02 Å². The maximum absolute atomic E-state index is 11.8. The fourth-order valence-electron chi connectivity index (χ4n) is 2.11. The second-order valence-corrected chi connectivity index (χ2v) is 5.66. The zero-order valence-corrected chi connectivity index (χ0v) is 13.7. The highest BCUT2D eigenvalue weighted by Gasteiger charge is 2.10. The minimum Gasteiger partial charge on any atom is -0.352 e. The molecule has 0 aliphatic heterocycles. The molecule has 0 radical (unpaired) electrons. The molecule has 0 aromatic heterocycles. The molecule has 0 unspecified atom stereocenters. The number of hydrogen-bond acceptors (Lipinski definition) is 2. The zero-order valence-electron chi connectivity index (χ0n) is 12.9. The summed E-state index contributed by atoms with van der Waals surface area (Å²) in [6.07, 6.45) is -0.198. The van der Waals surface area contributed by atoms with E-state index in [1.165, 1.54) is 0 Å². The Morgan fingerprint density at radius 2 is 1.39 bits per heavy atom. The number of carbonyl (C=O) groups excluding carboxylic acids is 2. The molecule has 0 spiro atoms. The molecule has 0 atom stereocenters. The molecule has 2 aromatic carbocycles. The van der Waals surface area contributed by atoms with E-state index in [0.29, 0.717) is 18.1 Å². The third-order valence-electron chi connectivity index (χ3n) is 3.49. The number of rotatable bonds is 6.